The zero-order valence-electron chi connectivity index (χ0n) is 13.9. The number of rotatable bonds is 3. The van der Waals surface area contributed by atoms with Crippen molar-refractivity contribution in [3.63, 3.8) is 0 Å². The number of aliphatic hydroxyl groups excluding tert-OH is 1. The van der Waals surface area contributed by atoms with Gasteiger partial charge in [-0.15, -0.1) is 0 Å². The Morgan fingerprint density at radius 2 is 1.74 bits per heavy atom. The largest absolute Gasteiger partial charge is 0.379 e. The van der Waals surface area contributed by atoms with Crippen LogP contribution in [-0.4, -0.2) is 17.9 Å². The van der Waals surface area contributed by atoms with Gasteiger partial charge >= 0.3 is 0 Å². The Hall–Kier alpha value is -0.0800. The normalized spacial score (nSPS) is 43.6. The van der Waals surface area contributed by atoms with Gasteiger partial charge in [0.2, 0.25) is 0 Å². The Labute approximate surface area is 119 Å². The molecule has 0 bridgehead atoms. The standard InChI is InChI=1S/C17H33NO/c1-14(2,3)17(7)11-16(17,6)10-15(4,5)12-8-13(19)18-9-12/h12-13,18-19H,8-11H2,1-7H3. The van der Waals surface area contributed by atoms with Gasteiger partial charge in [-0.3, -0.25) is 5.32 Å². The summed E-state index contributed by atoms with van der Waals surface area (Å²) >= 11 is 0. The SMILES string of the molecule is CC(C)(CC1(C)CC1(C)C(C)(C)C)C1CNC(O)C1. The molecule has 1 aliphatic carbocycles. The molecule has 2 nitrogen and oxygen atoms in total. The molecule has 0 aromatic rings. The molecule has 1 aliphatic heterocycles. The van der Waals surface area contributed by atoms with E-state index in [0.29, 0.717) is 27.6 Å². The summed E-state index contributed by atoms with van der Waals surface area (Å²) in [4.78, 5) is 0. The van der Waals surface area contributed by atoms with Crippen molar-refractivity contribution in [2.45, 2.75) is 74.0 Å². The van der Waals surface area contributed by atoms with Crippen LogP contribution in [0.1, 0.15) is 67.7 Å². The molecule has 4 unspecified atom stereocenters. The molecule has 1 saturated carbocycles. The van der Waals surface area contributed by atoms with Crippen LogP contribution in [0.25, 0.3) is 0 Å². The Balaban J connectivity index is 2.06. The fourth-order valence-corrected chi connectivity index (χ4v) is 4.62. The van der Waals surface area contributed by atoms with E-state index in [0.717, 1.165) is 13.0 Å². The predicted molar refractivity (Wildman–Crippen MR) is 80.8 cm³/mol. The third kappa shape index (κ3) is 2.47. The van der Waals surface area contributed by atoms with E-state index in [2.05, 4.69) is 53.8 Å². The zero-order valence-corrected chi connectivity index (χ0v) is 13.9. The first kappa shape index (κ1) is 15.3. The average Bonchev–Trinajstić information content (AvgIpc) is 2.57. The summed E-state index contributed by atoms with van der Waals surface area (Å²) in [7, 11) is 0. The van der Waals surface area contributed by atoms with Gasteiger partial charge in [-0.1, -0.05) is 48.5 Å². The molecule has 1 saturated heterocycles. The minimum absolute atomic E-state index is 0.287. The van der Waals surface area contributed by atoms with Crippen molar-refractivity contribution in [3.8, 4) is 0 Å². The van der Waals surface area contributed by atoms with Crippen molar-refractivity contribution in [1.82, 2.24) is 5.32 Å². The maximum absolute atomic E-state index is 9.70. The molecule has 0 aromatic heterocycles. The molecular formula is C17H33NO. The van der Waals surface area contributed by atoms with Gasteiger partial charge in [-0.05, 0) is 46.8 Å². The first-order valence-corrected chi connectivity index (χ1v) is 7.83. The second kappa shape index (κ2) is 4.21. The van der Waals surface area contributed by atoms with E-state index in [1.165, 1.54) is 12.8 Å². The highest BCUT2D eigenvalue weighted by atomic mass is 16.3. The Bertz CT molecular complexity index is 357. The van der Waals surface area contributed by atoms with Crippen molar-refractivity contribution >= 4 is 0 Å². The van der Waals surface area contributed by atoms with Gasteiger partial charge in [0.05, 0.1) is 0 Å². The molecule has 2 fully saturated rings. The molecule has 19 heavy (non-hydrogen) atoms. The fraction of sp³-hybridized carbons (Fsp3) is 1.00. The van der Waals surface area contributed by atoms with E-state index in [1.807, 2.05) is 0 Å². The summed E-state index contributed by atoms with van der Waals surface area (Å²) in [6.45, 7) is 17.8. The van der Waals surface area contributed by atoms with E-state index in [1.54, 1.807) is 0 Å². The zero-order chi connectivity index (χ0) is 14.7. The number of aliphatic hydroxyl groups is 1. The maximum atomic E-state index is 9.70. The molecule has 2 aliphatic rings. The van der Waals surface area contributed by atoms with Gasteiger partial charge in [0.25, 0.3) is 0 Å². The lowest BCUT2D eigenvalue weighted by Crippen LogP contribution is -2.32. The van der Waals surface area contributed by atoms with Crippen LogP contribution < -0.4 is 5.32 Å². The number of nitrogens with one attached hydrogen (secondary N) is 1. The predicted octanol–water partition coefficient (Wildman–Crippen LogP) is 3.79. The molecule has 1 heterocycles. The summed E-state index contributed by atoms with van der Waals surface area (Å²) in [6, 6.07) is 0. The van der Waals surface area contributed by atoms with Crippen LogP contribution in [0, 0.1) is 27.6 Å². The van der Waals surface area contributed by atoms with Crippen LogP contribution in [0.2, 0.25) is 0 Å². The van der Waals surface area contributed by atoms with E-state index in [4.69, 9.17) is 0 Å². The van der Waals surface area contributed by atoms with Gasteiger partial charge in [0.15, 0.2) is 0 Å². The van der Waals surface area contributed by atoms with Gasteiger partial charge in [-0.2, -0.15) is 0 Å². The molecule has 4 atom stereocenters. The van der Waals surface area contributed by atoms with Crippen LogP contribution >= 0.6 is 0 Å². The summed E-state index contributed by atoms with van der Waals surface area (Å²) < 4.78 is 0. The highest BCUT2D eigenvalue weighted by molar-refractivity contribution is 5.16. The van der Waals surface area contributed by atoms with Crippen molar-refractivity contribution in [1.29, 1.82) is 0 Å². The Kier molecular flexibility index (Phi) is 3.39. The monoisotopic (exact) mass is 267 g/mol. The molecule has 2 heteroatoms. The lowest BCUT2D eigenvalue weighted by Gasteiger charge is -2.39. The summed E-state index contributed by atoms with van der Waals surface area (Å²) in [6.07, 6.45) is 3.24. The van der Waals surface area contributed by atoms with E-state index in [-0.39, 0.29) is 6.23 Å². The van der Waals surface area contributed by atoms with Gasteiger partial charge in [0.1, 0.15) is 6.23 Å². The molecule has 2 rings (SSSR count). The molecule has 2 N–H and O–H groups in total. The lowest BCUT2D eigenvalue weighted by molar-refractivity contribution is 0.0960. The third-order valence-electron chi connectivity index (χ3n) is 6.66. The molecular weight excluding hydrogens is 234 g/mol. The van der Waals surface area contributed by atoms with E-state index < -0.39 is 0 Å². The van der Waals surface area contributed by atoms with Crippen molar-refractivity contribution in [2.75, 3.05) is 6.54 Å². The first-order valence-electron chi connectivity index (χ1n) is 7.83. The van der Waals surface area contributed by atoms with Gasteiger partial charge in [-0.25, -0.2) is 0 Å². The van der Waals surface area contributed by atoms with Crippen LogP contribution in [0.3, 0.4) is 0 Å². The molecule has 112 valence electrons. The lowest BCUT2D eigenvalue weighted by atomic mass is 9.66. The smallest absolute Gasteiger partial charge is 0.105 e. The van der Waals surface area contributed by atoms with Crippen molar-refractivity contribution in [2.24, 2.45) is 27.6 Å². The Morgan fingerprint density at radius 3 is 2.11 bits per heavy atom. The van der Waals surface area contributed by atoms with Crippen LogP contribution in [0.5, 0.6) is 0 Å². The van der Waals surface area contributed by atoms with E-state index in [9.17, 15) is 5.11 Å². The van der Waals surface area contributed by atoms with Crippen LogP contribution in [0.4, 0.5) is 0 Å². The third-order valence-corrected chi connectivity index (χ3v) is 6.66. The maximum Gasteiger partial charge on any atom is 0.105 e. The second-order valence-corrected chi connectivity index (χ2v) is 9.34. The number of hydrogen-bond donors (Lipinski definition) is 2. The summed E-state index contributed by atoms with van der Waals surface area (Å²) in [5.41, 5.74) is 1.61. The highest BCUT2D eigenvalue weighted by Gasteiger charge is 2.66. The quantitative estimate of drug-likeness (QED) is 0.815. The first-order chi connectivity index (χ1) is 8.41. The van der Waals surface area contributed by atoms with Gasteiger partial charge < -0.3 is 5.11 Å². The average molecular weight is 267 g/mol. The summed E-state index contributed by atoms with van der Waals surface area (Å²) in [5, 5.41) is 12.9. The van der Waals surface area contributed by atoms with Crippen molar-refractivity contribution in [3.05, 3.63) is 0 Å². The highest BCUT2D eigenvalue weighted by Crippen LogP contribution is 2.75. The molecule has 0 amide bonds. The minimum atomic E-state index is -0.287. The number of hydrogen-bond acceptors (Lipinski definition) is 2. The Morgan fingerprint density at radius 1 is 1.16 bits per heavy atom. The van der Waals surface area contributed by atoms with Gasteiger partial charge in [0, 0.05) is 6.54 Å². The second-order valence-electron chi connectivity index (χ2n) is 9.34. The molecule has 0 radical (unpaired) electrons. The molecule has 0 aromatic carbocycles. The fourth-order valence-electron chi connectivity index (χ4n) is 4.62. The van der Waals surface area contributed by atoms with Crippen molar-refractivity contribution < 1.29 is 5.11 Å². The molecule has 0 spiro atoms. The van der Waals surface area contributed by atoms with Crippen LogP contribution in [0.15, 0.2) is 0 Å². The minimum Gasteiger partial charge on any atom is -0.379 e. The van der Waals surface area contributed by atoms with E-state index >= 15 is 0 Å². The summed E-state index contributed by atoms with van der Waals surface area (Å²) in [5.74, 6) is 0.601. The topological polar surface area (TPSA) is 32.3 Å². The van der Waals surface area contributed by atoms with Crippen LogP contribution in [-0.2, 0) is 0 Å².